The number of benzene rings is 1. The summed E-state index contributed by atoms with van der Waals surface area (Å²) < 4.78 is 5.48. The predicted octanol–water partition coefficient (Wildman–Crippen LogP) is 3.86. The number of aromatic nitrogens is 2. The van der Waals surface area contributed by atoms with Crippen LogP contribution >= 0.6 is 0 Å². The van der Waals surface area contributed by atoms with Crippen molar-refractivity contribution in [3.8, 4) is 16.9 Å². The zero-order valence-corrected chi connectivity index (χ0v) is 14.2. The Hall–Kier alpha value is -2.33. The zero-order chi connectivity index (χ0) is 16.4. The van der Waals surface area contributed by atoms with E-state index in [1.165, 1.54) is 22.1 Å². The number of H-pyrrole nitrogens is 1. The second kappa shape index (κ2) is 6.42. The second-order valence-corrected chi connectivity index (χ2v) is 6.05. The lowest BCUT2D eigenvalue weighted by molar-refractivity contribution is 0.372. The molecule has 1 N–H and O–H groups in total. The number of nitrogens with zero attached hydrogens (tertiary/aromatic N) is 2. The second-order valence-electron chi connectivity index (χ2n) is 6.05. The Morgan fingerprint density at radius 1 is 1.13 bits per heavy atom. The highest BCUT2D eigenvalue weighted by Crippen LogP contribution is 2.29. The number of aryl methyl sites for hydroxylation is 1. The number of ether oxygens (including phenoxy) is 1. The van der Waals surface area contributed by atoms with E-state index in [9.17, 15) is 0 Å². The number of methoxy groups -OCH3 is 1. The zero-order valence-electron chi connectivity index (χ0n) is 14.2. The van der Waals surface area contributed by atoms with Crippen molar-refractivity contribution in [2.75, 3.05) is 21.2 Å². The molecule has 4 heteroatoms. The highest BCUT2D eigenvalue weighted by Gasteiger charge is 2.10. The largest absolute Gasteiger partial charge is 0.496 e. The van der Waals surface area contributed by atoms with Crippen LogP contribution < -0.4 is 4.74 Å². The first kappa shape index (κ1) is 15.6. The van der Waals surface area contributed by atoms with Crippen molar-refractivity contribution in [3.63, 3.8) is 0 Å². The van der Waals surface area contributed by atoms with E-state index in [4.69, 9.17) is 4.74 Å². The number of aromatic amines is 1. The van der Waals surface area contributed by atoms with Gasteiger partial charge in [0, 0.05) is 35.5 Å². The van der Waals surface area contributed by atoms with E-state index < -0.39 is 0 Å². The van der Waals surface area contributed by atoms with E-state index in [0.29, 0.717) is 0 Å². The highest BCUT2D eigenvalue weighted by atomic mass is 16.5. The number of rotatable bonds is 5. The van der Waals surface area contributed by atoms with E-state index in [2.05, 4.69) is 54.1 Å². The fourth-order valence-corrected chi connectivity index (χ4v) is 2.93. The van der Waals surface area contributed by atoms with Crippen molar-refractivity contribution in [1.29, 1.82) is 0 Å². The third-order valence-corrected chi connectivity index (χ3v) is 4.10. The van der Waals surface area contributed by atoms with Gasteiger partial charge in [-0.1, -0.05) is 13.0 Å². The summed E-state index contributed by atoms with van der Waals surface area (Å²) >= 11 is 0. The minimum absolute atomic E-state index is 0.844. The summed E-state index contributed by atoms with van der Waals surface area (Å²) in [4.78, 5) is 9.94. The first-order valence-electron chi connectivity index (χ1n) is 7.90. The summed E-state index contributed by atoms with van der Waals surface area (Å²) in [7, 11) is 5.84. The molecule has 1 aromatic carbocycles. The molecule has 0 aliphatic carbocycles. The first-order valence-corrected chi connectivity index (χ1v) is 7.90. The maximum absolute atomic E-state index is 5.48. The minimum Gasteiger partial charge on any atom is -0.496 e. The Balaban J connectivity index is 2.07. The van der Waals surface area contributed by atoms with Gasteiger partial charge >= 0.3 is 0 Å². The Morgan fingerprint density at radius 2 is 1.96 bits per heavy atom. The normalized spacial score (nSPS) is 11.3. The van der Waals surface area contributed by atoms with Gasteiger partial charge in [-0.05, 0) is 49.8 Å². The smallest absolute Gasteiger partial charge is 0.137 e. The van der Waals surface area contributed by atoms with Crippen molar-refractivity contribution in [1.82, 2.24) is 14.9 Å². The summed E-state index contributed by atoms with van der Waals surface area (Å²) in [6.45, 7) is 3.01. The van der Waals surface area contributed by atoms with Crippen LogP contribution in [0.15, 0.2) is 36.7 Å². The van der Waals surface area contributed by atoms with Gasteiger partial charge in [0.05, 0.1) is 7.11 Å². The third kappa shape index (κ3) is 3.08. The van der Waals surface area contributed by atoms with Crippen LogP contribution in [-0.2, 0) is 13.0 Å². The molecule has 0 radical (unpaired) electrons. The first-order chi connectivity index (χ1) is 11.1. The Labute approximate surface area is 137 Å². The minimum atomic E-state index is 0.844. The van der Waals surface area contributed by atoms with E-state index in [1.807, 2.05) is 18.5 Å². The van der Waals surface area contributed by atoms with Crippen LogP contribution in [0.2, 0.25) is 0 Å². The van der Waals surface area contributed by atoms with Crippen LogP contribution in [0.25, 0.3) is 22.2 Å². The summed E-state index contributed by atoms with van der Waals surface area (Å²) in [5.41, 5.74) is 5.73. The molecule has 0 atom stereocenters. The van der Waals surface area contributed by atoms with Gasteiger partial charge in [-0.2, -0.15) is 0 Å². The topological polar surface area (TPSA) is 41.1 Å². The van der Waals surface area contributed by atoms with Crippen molar-refractivity contribution in [3.05, 3.63) is 47.8 Å². The molecule has 2 heterocycles. The molecule has 4 nitrogen and oxygen atoms in total. The van der Waals surface area contributed by atoms with Crippen molar-refractivity contribution >= 4 is 11.0 Å². The van der Waals surface area contributed by atoms with Crippen LogP contribution in [0, 0.1) is 0 Å². The van der Waals surface area contributed by atoms with Crippen LogP contribution in [0.3, 0.4) is 0 Å². The fraction of sp³-hybridized carbons (Fsp3) is 0.316. The van der Waals surface area contributed by atoms with Crippen molar-refractivity contribution in [2.24, 2.45) is 0 Å². The highest BCUT2D eigenvalue weighted by molar-refractivity contribution is 5.84. The lowest BCUT2D eigenvalue weighted by Crippen LogP contribution is -2.11. The van der Waals surface area contributed by atoms with Crippen molar-refractivity contribution in [2.45, 2.75) is 19.9 Å². The van der Waals surface area contributed by atoms with Crippen LogP contribution in [0.1, 0.15) is 18.1 Å². The van der Waals surface area contributed by atoms with Gasteiger partial charge in [-0.15, -0.1) is 0 Å². The number of nitrogens with one attached hydrogen (secondary N) is 1. The molecule has 0 bridgehead atoms. The molecule has 0 spiro atoms. The molecule has 2 aromatic heterocycles. The van der Waals surface area contributed by atoms with Gasteiger partial charge in [-0.3, -0.25) is 0 Å². The monoisotopic (exact) mass is 309 g/mol. The van der Waals surface area contributed by atoms with Gasteiger partial charge < -0.3 is 14.6 Å². The molecule has 3 rings (SSSR count). The predicted molar refractivity (Wildman–Crippen MR) is 94.9 cm³/mol. The molecule has 120 valence electrons. The maximum atomic E-state index is 5.48. The Kier molecular flexibility index (Phi) is 4.35. The van der Waals surface area contributed by atoms with Crippen LogP contribution in [0.5, 0.6) is 5.75 Å². The molecular weight excluding hydrogens is 286 g/mol. The van der Waals surface area contributed by atoms with E-state index >= 15 is 0 Å². The number of fused-ring (bicyclic) bond motifs is 1. The van der Waals surface area contributed by atoms with Gasteiger partial charge in [0.1, 0.15) is 11.4 Å². The maximum Gasteiger partial charge on any atom is 0.137 e. The van der Waals surface area contributed by atoms with Crippen LogP contribution in [0.4, 0.5) is 0 Å². The lowest BCUT2D eigenvalue weighted by Gasteiger charge is -2.15. The molecule has 23 heavy (non-hydrogen) atoms. The number of pyridine rings is 1. The van der Waals surface area contributed by atoms with Crippen LogP contribution in [-0.4, -0.2) is 36.1 Å². The summed E-state index contributed by atoms with van der Waals surface area (Å²) in [5, 5.41) is 1.20. The van der Waals surface area contributed by atoms with E-state index in [-0.39, 0.29) is 0 Å². The molecule has 0 saturated carbocycles. The quantitative estimate of drug-likeness (QED) is 0.778. The van der Waals surface area contributed by atoms with Gasteiger partial charge in [-0.25, -0.2) is 4.98 Å². The summed E-state index contributed by atoms with van der Waals surface area (Å²) in [5.74, 6) is 0.923. The van der Waals surface area contributed by atoms with Gasteiger partial charge in [0.15, 0.2) is 0 Å². The molecule has 0 amide bonds. The average Bonchev–Trinajstić information content (AvgIpc) is 2.96. The molecule has 0 aliphatic rings. The third-order valence-electron chi connectivity index (χ3n) is 4.10. The van der Waals surface area contributed by atoms with E-state index in [0.717, 1.165) is 29.9 Å². The summed E-state index contributed by atoms with van der Waals surface area (Å²) in [6, 6.07) is 8.55. The molecule has 0 fully saturated rings. The van der Waals surface area contributed by atoms with Gasteiger partial charge in [0.25, 0.3) is 0 Å². The van der Waals surface area contributed by atoms with Gasteiger partial charge in [0.2, 0.25) is 0 Å². The molecule has 0 unspecified atom stereocenters. The Bertz CT molecular complexity index is 821. The molecule has 0 saturated heterocycles. The summed E-state index contributed by atoms with van der Waals surface area (Å²) in [6.07, 6.45) is 4.98. The molecular formula is C19H23N3O. The molecule has 0 aliphatic heterocycles. The number of hydrogen-bond acceptors (Lipinski definition) is 3. The Morgan fingerprint density at radius 3 is 2.65 bits per heavy atom. The average molecular weight is 309 g/mol. The van der Waals surface area contributed by atoms with Crippen molar-refractivity contribution < 1.29 is 4.74 Å². The SMILES string of the molecule is CCc1c[nH]c2ncc(-c3ccc(OC)c(CN(C)C)c3)cc12. The fourth-order valence-electron chi connectivity index (χ4n) is 2.93. The number of hydrogen-bond donors (Lipinski definition) is 1. The van der Waals surface area contributed by atoms with E-state index in [1.54, 1.807) is 7.11 Å². The lowest BCUT2D eigenvalue weighted by atomic mass is 10.0. The molecule has 3 aromatic rings. The standard InChI is InChI=1S/C19H23N3O/c1-5-13-10-20-19-17(13)9-15(11-21-19)14-6-7-18(23-4)16(8-14)12-22(2)3/h6-11H,5,12H2,1-4H3,(H,20,21).